The number of ether oxygens (including phenoxy) is 1. The summed E-state index contributed by atoms with van der Waals surface area (Å²) in [6.07, 6.45) is 11.0. The lowest BCUT2D eigenvalue weighted by molar-refractivity contribution is 0.0713. The number of piperidine rings is 1. The molecule has 1 saturated heterocycles. The highest BCUT2D eigenvalue weighted by Gasteiger charge is 2.17. The standard InChI is InChI=1S/C11H19NO/c1-3-7-12(8-4-1)10-11-6-2-5-9-13-11/h5,9,11H,1-4,6-8,10H2. The fourth-order valence-corrected chi connectivity index (χ4v) is 2.15. The molecule has 2 nitrogen and oxygen atoms in total. The summed E-state index contributed by atoms with van der Waals surface area (Å²) < 4.78 is 5.56. The molecule has 2 aliphatic rings. The molecule has 74 valence electrons. The third kappa shape index (κ3) is 2.73. The molecule has 0 amide bonds. The predicted octanol–water partition coefficient (Wildman–Crippen LogP) is 2.17. The van der Waals surface area contributed by atoms with E-state index >= 15 is 0 Å². The number of allylic oxidation sites excluding steroid dienone is 1. The molecule has 0 N–H and O–H groups in total. The Morgan fingerprint density at radius 1 is 1.23 bits per heavy atom. The van der Waals surface area contributed by atoms with Crippen LogP contribution in [0.5, 0.6) is 0 Å². The van der Waals surface area contributed by atoms with Gasteiger partial charge in [0.25, 0.3) is 0 Å². The molecule has 1 unspecified atom stereocenters. The van der Waals surface area contributed by atoms with Gasteiger partial charge in [0.2, 0.25) is 0 Å². The monoisotopic (exact) mass is 181 g/mol. The summed E-state index contributed by atoms with van der Waals surface area (Å²) >= 11 is 0. The molecule has 2 heterocycles. The van der Waals surface area contributed by atoms with E-state index in [9.17, 15) is 0 Å². The molecule has 0 bridgehead atoms. The molecule has 0 aliphatic carbocycles. The lowest BCUT2D eigenvalue weighted by Crippen LogP contribution is -2.37. The first-order valence-electron chi connectivity index (χ1n) is 5.48. The third-order valence-electron chi connectivity index (χ3n) is 2.93. The zero-order chi connectivity index (χ0) is 8.93. The third-order valence-corrected chi connectivity index (χ3v) is 2.93. The highest BCUT2D eigenvalue weighted by atomic mass is 16.5. The summed E-state index contributed by atoms with van der Waals surface area (Å²) in [5, 5.41) is 0. The molecule has 2 aliphatic heterocycles. The van der Waals surface area contributed by atoms with Crippen molar-refractivity contribution in [3.63, 3.8) is 0 Å². The first-order chi connectivity index (χ1) is 6.45. The van der Waals surface area contributed by atoms with Crippen molar-refractivity contribution < 1.29 is 4.74 Å². The van der Waals surface area contributed by atoms with E-state index in [1.54, 1.807) is 0 Å². The Morgan fingerprint density at radius 3 is 2.77 bits per heavy atom. The molecular weight excluding hydrogens is 162 g/mol. The van der Waals surface area contributed by atoms with Gasteiger partial charge in [-0.2, -0.15) is 0 Å². The number of nitrogens with zero attached hydrogens (tertiary/aromatic N) is 1. The van der Waals surface area contributed by atoms with Gasteiger partial charge in [-0.1, -0.05) is 6.42 Å². The van der Waals surface area contributed by atoms with Crippen LogP contribution in [0.4, 0.5) is 0 Å². The average molecular weight is 181 g/mol. The molecule has 0 saturated carbocycles. The van der Waals surface area contributed by atoms with Crippen LogP contribution in [-0.4, -0.2) is 30.6 Å². The van der Waals surface area contributed by atoms with Crippen LogP contribution in [0.3, 0.4) is 0 Å². The number of likely N-dealkylation sites (tertiary alicyclic amines) is 1. The maximum atomic E-state index is 5.56. The SMILES string of the molecule is C1=COC(CN2CCCCC2)CC1. The largest absolute Gasteiger partial charge is 0.497 e. The molecule has 2 heteroatoms. The van der Waals surface area contributed by atoms with Crippen molar-refractivity contribution in [2.45, 2.75) is 38.2 Å². The van der Waals surface area contributed by atoms with E-state index in [4.69, 9.17) is 4.74 Å². The van der Waals surface area contributed by atoms with Crippen LogP contribution in [0.15, 0.2) is 12.3 Å². The average Bonchev–Trinajstić information content (AvgIpc) is 2.21. The van der Waals surface area contributed by atoms with Crippen molar-refractivity contribution in [3.05, 3.63) is 12.3 Å². The molecular formula is C11H19NO. The minimum absolute atomic E-state index is 0.461. The summed E-state index contributed by atoms with van der Waals surface area (Å²) in [6, 6.07) is 0. The number of hydrogen-bond acceptors (Lipinski definition) is 2. The summed E-state index contributed by atoms with van der Waals surface area (Å²) in [5.41, 5.74) is 0. The van der Waals surface area contributed by atoms with Gasteiger partial charge in [-0.25, -0.2) is 0 Å². The van der Waals surface area contributed by atoms with Crippen LogP contribution in [-0.2, 0) is 4.74 Å². The maximum Gasteiger partial charge on any atom is 0.111 e. The van der Waals surface area contributed by atoms with E-state index in [-0.39, 0.29) is 0 Å². The van der Waals surface area contributed by atoms with E-state index < -0.39 is 0 Å². The molecule has 13 heavy (non-hydrogen) atoms. The summed E-state index contributed by atoms with van der Waals surface area (Å²) in [5.74, 6) is 0. The summed E-state index contributed by atoms with van der Waals surface area (Å²) in [4.78, 5) is 2.55. The van der Waals surface area contributed by atoms with Crippen LogP contribution in [0.1, 0.15) is 32.1 Å². The van der Waals surface area contributed by atoms with Gasteiger partial charge in [-0.15, -0.1) is 0 Å². The van der Waals surface area contributed by atoms with Gasteiger partial charge in [0.15, 0.2) is 0 Å². The van der Waals surface area contributed by atoms with Gasteiger partial charge in [-0.05, 0) is 44.8 Å². The van der Waals surface area contributed by atoms with Crippen LogP contribution in [0.2, 0.25) is 0 Å². The van der Waals surface area contributed by atoms with Crippen molar-refractivity contribution in [1.82, 2.24) is 4.90 Å². The smallest absolute Gasteiger partial charge is 0.111 e. The molecule has 0 aromatic heterocycles. The predicted molar refractivity (Wildman–Crippen MR) is 53.5 cm³/mol. The zero-order valence-electron chi connectivity index (χ0n) is 8.24. The van der Waals surface area contributed by atoms with Crippen LogP contribution in [0, 0.1) is 0 Å². The second kappa shape index (κ2) is 4.66. The molecule has 0 aromatic carbocycles. The Labute approximate surface area is 80.6 Å². The Bertz CT molecular complexity index is 173. The van der Waals surface area contributed by atoms with Crippen LogP contribution >= 0.6 is 0 Å². The Hall–Kier alpha value is -0.500. The normalized spacial score (nSPS) is 30.0. The molecule has 1 atom stereocenters. The van der Waals surface area contributed by atoms with Crippen molar-refractivity contribution in [1.29, 1.82) is 0 Å². The van der Waals surface area contributed by atoms with Crippen molar-refractivity contribution in [2.75, 3.05) is 19.6 Å². The number of rotatable bonds is 2. The minimum atomic E-state index is 0.461. The fourth-order valence-electron chi connectivity index (χ4n) is 2.15. The van der Waals surface area contributed by atoms with Gasteiger partial charge in [0.1, 0.15) is 6.10 Å². The van der Waals surface area contributed by atoms with E-state index in [0.717, 1.165) is 6.54 Å². The van der Waals surface area contributed by atoms with Crippen LogP contribution in [0.25, 0.3) is 0 Å². The maximum absolute atomic E-state index is 5.56. The molecule has 0 spiro atoms. The van der Waals surface area contributed by atoms with E-state index in [1.165, 1.54) is 45.2 Å². The first kappa shape index (κ1) is 9.07. The minimum Gasteiger partial charge on any atom is -0.497 e. The molecule has 1 fully saturated rings. The van der Waals surface area contributed by atoms with Crippen LogP contribution < -0.4 is 0 Å². The van der Waals surface area contributed by atoms with Crippen molar-refractivity contribution in [2.24, 2.45) is 0 Å². The number of hydrogen-bond donors (Lipinski definition) is 0. The molecule has 2 rings (SSSR count). The topological polar surface area (TPSA) is 12.5 Å². The van der Waals surface area contributed by atoms with Crippen molar-refractivity contribution >= 4 is 0 Å². The quantitative estimate of drug-likeness (QED) is 0.647. The fraction of sp³-hybridized carbons (Fsp3) is 0.818. The Morgan fingerprint density at radius 2 is 2.08 bits per heavy atom. The Balaban J connectivity index is 1.72. The highest BCUT2D eigenvalue weighted by Crippen LogP contribution is 2.15. The van der Waals surface area contributed by atoms with E-state index in [0.29, 0.717) is 6.10 Å². The lowest BCUT2D eigenvalue weighted by atomic mass is 10.1. The zero-order valence-corrected chi connectivity index (χ0v) is 8.24. The molecule has 0 radical (unpaired) electrons. The molecule has 0 aromatic rings. The highest BCUT2D eigenvalue weighted by molar-refractivity contribution is 4.83. The van der Waals surface area contributed by atoms with Crippen molar-refractivity contribution in [3.8, 4) is 0 Å². The summed E-state index contributed by atoms with van der Waals surface area (Å²) in [6.45, 7) is 3.71. The first-order valence-corrected chi connectivity index (χ1v) is 5.48. The van der Waals surface area contributed by atoms with Gasteiger partial charge >= 0.3 is 0 Å². The van der Waals surface area contributed by atoms with Gasteiger partial charge in [-0.3, -0.25) is 4.90 Å². The van der Waals surface area contributed by atoms with E-state index in [2.05, 4.69) is 11.0 Å². The van der Waals surface area contributed by atoms with Gasteiger partial charge < -0.3 is 4.74 Å². The second-order valence-electron chi connectivity index (χ2n) is 4.07. The summed E-state index contributed by atoms with van der Waals surface area (Å²) in [7, 11) is 0. The lowest BCUT2D eigenvalue weighted by Gasteiger charge is -2.30. The van der Waals surface area contributed by atoms with Gasteiger partial charge in [0, 0.05) is 6.54 Å². The van der Waals surface area contributed by atoms with Gasteiger partial charge in [0.05, 0.1) is 6.26 Å². The Kier molecular flexibility index (Phi) is 3.25. The second-order valence-corrected chi connectivity index (χ2v) is 4.07. The van der Waals surface area contributed by atoms with E-state index in [1.807, 2.05) is 6.26 Å².